The van der Waals surface area contributed by atoms with Gasteiger partial charge in [0.25, 0.3) is 5.91 Å². The molecule has 2 heterocycles. The van der Waals surface area contributed by atoms with E-state index in [2.05, 4.69) is 25.7 Å². The van der Waals surface area contributed by atoms with Gasteiger partial charge in [0, 0.05) is 24.8 Å². The number of rotatable bonds is 7. The molecule has 3 aromatic rings. The minimum Gasteiger partial charge on any atom is -0.383 e. The third kappa shape index (κ3) is 4.53. The van der Waals surface area contributed by atoms with Crippen LogP contribution in [0, 0.1) is 6.92 Å². The standard InChI is InChI=1S/C19H22N6O2/c1-13-4-9-17(23-22-13)15-5-7-16(8-6-15)19(26)21-14(2)18-24-20-12-25(18)10-11-27-3/h4-9,12,14H,10-11H2,1-3H3,(H,21,26)/t14-/m1/s1. The number of ether oxygens (including phenoxy) is 1. The lowest BCUT2D eigenvalue weighted by Crippen LogP contribution is -2.29. The Kier molecular flexibility index (Phi) is 5.87. The highest BCUT2D eigenvalue weighted by Crippen LogP contribution is 2.17. The van der Waals surface area contributed by atoms with E-state index in [1.165, 1.54) is 0 Å². The number of benzene rings is 1. The summed E-state index contributed by atoms with van der Waals surface area (Å²) in [7, 11) is 1.64. The molecule has 1 aromatic carbocycles. The second-order valence-electron chi connectivity index (χ2n) is 6.21. The average Bonchev–Trinajstić information content (AvgIpc) is 3.16. The van der Waals surface area contributed by atoms with E-state index in [1.807, 2.05) is 42.7 Å². The van der Waals surface area contributed by atoms with E-state index in [0.29, 0.717) is 24.5 Å². The third-order valence-corrected chi connectivity index (χ3v) is 4.16. The van der Waals surface area contributed by atoms with Gasteiger partial charge in [-0.25, -0.2) is 0 Å². The summed E-state index contributed by atoms with van der Waals surface area (Å²) in [5, 5.41) is 19.2. The Labute approximate surface area is 157 Å². The van der Waals surface area contributed by atoms with Crippen LogP contribution in [-0.2, 0) is 11.3 Å². The number of nitrogens with one attached hydrogen (secondary N) is 1. The predicted molar refractivity (Wildman–Crippen MR) is 100.0 cm³/mol. The second kappa shape index (κ2) is 8.50. The normalized spacial score (nSPS) is 12.0. The first-order valence-electron chi connectivity index (χ1n) is 8.66. The Bertz CT molecular complexity index is 889. The summed E-state index contributed by atoms with van der Waals surface area (Å²) in [6, 6.07) is 10.8. The molecule has 0 aliphatic rings. The zero-order valence-corrected chi connectivity index (χ0v) is 15.6. The number of hydrogen-bond donors (Lipinski definition) is 1. The van der Waals surface area contributed by atoms with Crippen LogP contribution in [0.5, 0.6) is 0 Å². The lowest BCUT2D eigenvalue weighted by atomic mass is 10.1. The van der Waals surface area contributed by atoms with E-state index >= 15 is 0 Å². The van der Waals surface area contributed by atoms with Gasteiger partial charge >= 0.3 is 0 Å². The average molecular weight is 366 g/mol. The van der Waals surface area contributed by atoms with Crippen molar-refractivity contribution >= 4 is 5.91 Å². The van der Waals surface area contributed by atoms with Gasteiger partial charge in [0.05, 0.1) is 24.0 Å². The molecule has 0 fully saturated rings. The molecular formula is C19H22N6O2. The number of carbonyl (C=O) groups excluding carboxylic acids is 1. The predicted octanol–water partition coefficient (Wildman–Crippen LogP) is 2.18. The Hall–Kier alpha value is -3.13. The smallest absolute Gasteiger partial charge is 0.251 e. The fraction of sp³-hybridized carbons (Fsp3) is 0.316. The molecule has 3 rings (SSSR count). The molecule has 140 valence electrons. The molecule has 1 N–H and O–H groups in total. The van der Waals surface area contributed by atoms with Crippen LogP contribution in [0.15, 0.2) is 42.7 Å². The molecule has 0 aliphatic carbocycles. The van der Waals surface area contributed by atoms with E-state index in [9.17, 15) is 4.79 Å². The van der Waals surface area contributed by atoms with Gasteiger partial charge in [-0.05, 0) is 38.1 Å². The van der Waals surface area contributed by atoms with Crippen molar-refractivity contribution in [2.24, 2.45) is 0 Å². The first-order chi connectivity index (χ1) is 13.1. The van der Waals surface area contributed by atoms with Gasteiger partial charge in [-0.1, -0.05) is 12.1 Å². The minimum absolute atomic E-state index is 0.176. The van der Waals surface area contributed by atoms with Crippen LogP contribution in [-0.4, -0.2) is 44.6 Å². The highest BCUT2D eigenvalue weighted by Gasteiger charge is 2.16. The van der Waals surface area contributed by atoms with Crippen molar-refractivity contribution in [1.29, 1.82) is 0 Å². The highest BCUT2D eigenvalue weighted by molar-refractivity contribution is 5.94. The SMILES string of the molecule is COCCn1cnnc1[C@@H](C)NC(=O)c1ccc(-c2ccc(C)nn2)cc1. The fourth-order valence-corrected chi connectivity index (χ4v) is 2.65. The van der Waals surface area contributed by atoms with Crippen LogP contribution in [0.1, 0.15) is 34.8 Å². The molecule has 1 atom stereocenters. The monoisotopic (exact) mass is 366 g/mol. The molecule has 0 unspecified atom stereocenters. The summed E-state index contributed by atoms with van der Waals surface area (Å²) in [4.78, 5) is 12.5. The van der Waals surface area contributed by atoms with Crippen molar-refractivity contribution in [3.63, 3.8) is 0 Å². The van der Waals surface area contributed by atoms with Crippen LogP contribution in [0.4, 0.5) is 0 Å². The van der Waals surface area contributed by atoms with Crippen LogP contribution < -0.4 is 5.32 Å². The van der Waals surface area contributed by atoms with E-state index in [1.54, 1.807) is 25.6 Å². The molecule has 0 saturated carbocycles. The molecule has 27 heavy (non-hydrogen) atoms. The Morgan fingerprint density at radius 1 is 1.15 bits per heavy atom. The molecule has 0 aliphatic heterocycles. The first-order valence-corrected chi connectivity index (χ1v) is 8.66. The lowest BCUT2D eigenvalue weighted by molar-refractivity contribution is 0.0937. The zero-order valence-electron chi connectivity index (χ0n) is 15.6. The van der Waals surface area contributed by atoms with Crippen molar-refractivity contribution in [2.45, 2.75) is 26.4 Å². The van der Waals surface area contributed by atoms with Crippen LogP contribution in [0.2, 0.25) is 0 Å². The van der Waals surface area contributed by atoms with Gasteiger partial charge in [-0.15, -0.1) is 10.2 Å². The molecule has 1 amide bonds. The summed E-state index contributed by atoms with van der Waals surface area (Å²) in [5.74, 6) is 0.511. The first kappa shape index (κ1) is 18.7. The lowest BCUT2D eigenvalue weighted by Gasteiger charge is -2.15. The fourth-order valence-electron chi connectivity index (χ4n) is 2.65. The van der Waals surface area contributed by atoms with Crippen molar-refractivity contribution in [1.82, 2.24) is 30.3 Å². The quantitative estimate of drug-likeness (QED) is 0.689. The maximum absolute atomic E-state index is 12.5. The summed E-state index contributed by atoms with van der Waals surface area (Å²) in [5.41, 5.74) is 3.11. The molecule has 8 nitrogen and oxygen atoms in total. The van der Waals surface area contributed by atoms with Gasteiger partial charge in [0.1, 0.15) is 6.33 Å². The number of aromatic nitrogens is 5. The van der Waals surface area contributed by atoms with Gasteiger partial charge in [-0.2, -0.15) is 10.2 Å². The van der Waals surface area contributed by atoms with Crippen molar-refractivity contribution in [3.05, 3.63) is 59.8 Å². The number of methoxy groups -OCH3 is 1. The van der Waals surface area contributed by atoms with E-state index in [-0.39, 0.29) is 11.9 Å². The molecule has 0 spiro atoms. The molecule has 0 bridgehead atoms. The molecule has 0 radical (unpaired) electrons. The summed E-state index contributed by atoms with van der Waals surface area (Å²) in [6.07, 6.45) is 1.63. The number of carbonyl (C=O) groups is 1. The number of hydrogen-bond acceptors (Lipinski definition) is 6. The number of nitrogens with zero attached hydrogens (tertiary/aromatic N) is 5. The zero-order chi connectivity index (χ0) is 19.2. The maximum atomic E-state index is 12.5. The minimum atomic E-state index is -0.278. The Morgan fingerprint density at radius 3 is 2.59 bits per heavy atom. The highest BCUT2D eigenvalue weighted by atomic mass is 16.5. The summed E-state index contributed by atoms with van der Waals surface area (Å²) < 4.78 is 6.95. The third-order valence-electron chi connectivity index (χ3n) is 4.16. The number of amides is 1. The Balaban J connectivity index is 1.67. The van der Waals surface area contributed by atoms with E-state index in [4.69, 9.17) is 4.74 Å². The molecule has 2 aromatic heterocycles. The van der Waals surface area contributed by atoms with Gasteiger partial charge < -0.3 is 14.6 Å². The van der Waals surface area contributed by atoms with Crippen LogP contribution >= 0.6 is 0 Å². The van der Waals surface area contributed by atoms with Crippen LogP contribution in [0.3, 0.4) is 0 Å². The number of aryl methyl sites for hydroxylation is 1. The molecule has 0 saturated heterocycles. The van der Waals surface area contributed by atoms with Crippen LogP contribution in [0.25, 0.3) is 11.3 Å². The van der Waals surface area contributed by atoms with E-state index < -0.39 is 0 Å². The molecular weight excluding hydrogens is 344 g/mol. The molecule has 8 heteroatoms. The van der Waals surface area contributed by atoms with Gasteiger partial charge in [0.15, 0.2) is 5.82 Å². The van der Waals surface area contributed by atoms with Gasteiger partial charge in [-0.3, -0.25) is 4.79 Å². The summed E-state index contributed by atoms with van der Waals surface area (Å²) >= 11 is 0. The second-order valence-corrected chi connectivity index (χ2v) is 6.21. The largest absolute Gasteiger partial charge is 0.383 e. The van der Waals surface area contributed by atoms with Crippen molar-refractivity contribution < 1.29 is 9.53 Å². The topological polar surface area (TPSA) is 94.8 Å². The maximum Gasteiger partial charge on any atom is 0.251 e. The summed E-state index contributed by atoms with van der Waals surface area (Å²) in [6.45, 7) is 4.95. The van der Waals surface area contributed by atoms with Crippen molar-refractivity contribution in [2.75, 3.05) is 13.7 Å². The van der Waals surface area contributed by atoms with Gasteiger partial charge in [0.2, 0.25) is 0 Å². The van der Waals surface area contributed by atoms with E-state index in [0.717, 1.165) is 17.0 Å². The van der Waals surface area contributed by atoms with Crippen molar-refractivity contribution in [3.8, 4) is 11.3 Å². The Morgan fingerprint density at radius 2 is 1.93 bits per heavy atom.